The van der Waals surface area contributed by atoms with Crippen LogP contribution in [0.5, 0.6) is 0 Å². The van der Waals surface area contributed by atoms with E-state index in [2.05, 4.69) is 10.5 Å². The Labute approximate surface area is 161 Å². The van der Waals surface area contributed by atoms with Gasteiger partial charge in [0.2, 0.25) is 10.0 Å². The minimum Gasteiger partial charge on any atom is -0.267 e. The maximum Gasteiger partial charge on any atom is 0.271 e. The van der Waals surface area contributed by atoms with Crippen LogP contribution in [0.3, 0.4) is 0 Å². The summed E-state index contributed by atoms with van der Waals surface area (Å²) in [6.07, 6.45) is 1.58. The molecule has 0 aromatic heterocycles. The van der Waals surface area contributed by atoms with E-state index in [-0.39, 0.29) is 10.5 Å². The quantitative estimate of drug-likeness (QED) is 0.586. The third-order valence-electron chi connectivity index (χ3n) is 4.24. The van der Waals surface area contributed by atoms with Crippen LogP contribution in [0.2, 0.25) is 0 Å². The van der Waals surface area contributed by atoms with Gasteiger partial charge in [-0.15, -0.1) is 0 Å². The number of carbonyl (C=O) groups is 1. The Kier molecular flexibility index (Phi) is 6.87. The summed E-state index contributed by atoms with van der Waals surface area (Å²) in [5.74, 6) is -0.465. The van der Waals surface area contributed by atoms with Crippen molar-refractivity contribution in [3.63, 3.8) is 0 Å². The van der Waals surface area contributed by atoms with E-state index in [0.29, 0.717) is 13.1 Å². The zero-order valence-electron chi connectivity index (χ0n) is 16.1. The number of hydrazone groups is 1. The van der Waals surface area contributed by atoms with Crippen LogP contribution in [0.15, 0.2) is 52.5 Å². The molecule has 0 heterocycles. The number of hydrogen-bond donors (Lipinski definition) is 1. The van der Waals surface area contributed by atoms with Crippen LogP contribution in [0, 0.1) is 13.8 Å². The minimum atomic E-state index is -3.62. The molecule has 0 radical (unpaired) electrons. The monoisotopic (exact) mass is 387 g/mol. The lowest BCUT2D eigenvalue weighted by molar-refractivity contribution is 0.0955. The molecule has 0 aliphatic rings. The molecule has 7 heteroatoms. The third kappa shape index (κ3) is 5.02. The lowest BCUT2D eigenvalue weighted by Crippen LogP contribution is -2.30. The van der Waals surface area contributed by atoms with Gasteiger partial charge in [-0.1, -0.05) is 43.7 Å². The van der Waals surface area contributed by atoms with Crippen molar-refractivity contribution in [2.24, 2.45) is 5.10 Å². The maximum absolute atomic E-state index is 12.6. The van der Waals surface area contributed by atoms with E-state index in [1.54, 1.807) is 32.2 Å². The summed E-state index contributed by atoms with van der Waals surface area (Å²) in [6.45, 7) is 8.24. The summed E-state index contributed by atoms with van der Waals surface area (Å²) in [6, 6.07) is 11.9. The molecule has 2 aromatic carbocycles. The first kappa shape index (κ1) is 20.8. The molecule has 0 unspecified atom stereocenters. The highest BCUT2D eigenvalue weighted by Crippen LogP contribution is 2.17. The van der Waals surface area contributed by atoms with Gasteiger partial charge in [0.05, 0.1) is 11.1 Å². The van der Waals surface area contributed by atoms with E-state index in [9.17, 15) is 13.2 Å². The third-order valence-corrected chi connectivity index (χ3v) is 6.29. The number of benzene rings is 2. The van der Waals surface area contributed by atoms with Crippen molar-refractivity contribution >= 4 is 22.1 Å². The first-order chi connectivity index (χ1) is 12.8. The molecule has 6 nitrogen and oxygen atoms in total. The second-order valence-corrected chi connectivity index (χ2v) is 8.11. The van der Waals surface area contributed by atoms with E-state index in [4.69, 9.17) is 0 Å². The molecule has 1 amide bonds. The fourth-order valence-electron chi connectivity index (χ4n) is 2.63. The Balaban J connectivity index is 2.18. The van der Waals surface area contributed by atoms with Gasteiger partial charge in [0.25, 0.3) is 5.91 Å². The second-order valence-electron chi connectivity index (χ2n) is 6.18. The van der Waals surface area contributed by atoms with Crippen LogP contribution < -0.4 is 5.43 Å². The molecule has 0 saturated heterocycles. The number of rotatable bonds is 7. The minimum absolute atomic E-state index is 0.0948. The number of sulfonamides is 1. The van der Waals surface area contributed by atoms with Gasteiger partial charge in [-0.3, -0.25) is 4.79 Å². The number of amides is 1. The van der Waals surface area contributed by atoms with Gasteiger partial charge in [-0.05, 0) is 43.2 Å². The average Bonchev–Trinajstić information content (AvgIpc) is 2.65. The van der Waals surface area contributed by atoms with Gasteiger partial charge in [0.1, 0.15) is 0 Å². The van der Waals surface area contributed by atoms with Crippen molar-refractivity contribution in [1.29, 1.82) is 0 Å². The van der Waals surface area contributed by atoms with Crippen LogP contribution in [0.25, 0.3) is 0 Å². The Morgan fingerprint density at radius 1 is 1.11 bits per heavy atom. The smallest absolute Gasteiger partial charge is 0.267 e. The topological polar surface area (TPSA) is 78.8 Å². The highest BCUT2D eigenvalue weighted by atomic mass is 32.2. The molecule has 1 N–H and O–H groups in total. The summed E-state index contributed by atoms with van der Waals surface area (Å²) < 4.78 is 26.6. The standard InChI is InChI=1S/C20H25N3O3S/c1-5-23(6-2)27(25,26)19-9-7-8-17(13-19)20(24)22-21-14-18-12-15(3)10-11-16(18)4/h7-14H,5-6H2,1-4H3,(H,22,24). The summed E-state index contributed by atoms with van der Waals surface area (Å²) in [7, 11) is -3.62. The van der Waals surface area contributed by atoms with Crippen LogP contribution in [0.4, 0.5) is 0 Å². The molecule has 0 bridgehead atoms. The lowest BCUT2D eigenvalue weighted by Gasteiger charge is -2.18. The van der Waals surface area contributed by atoms with Gasteiger partial charge >= 0.3 is 0 Å². The number of nitrogens with one attached hydrogen (secondary N) is 1. The van der Waals surface area contributed by atoms with Crippen LogP contribution in [-0.2, 0) is 10.0 Å². The molecule has 2 aromatic rings. The Morgan fingerprint density at radius 3 is 2.48 bits per heavy atom. The highest BCUT2D eigenvalue weighted by Gasteiger charge is 2.22. The number of aryl methyl sites for hydroxylation is 2. The molecular formula is C20H25N3O3S. The summed E-state index contributed by atoms with van der Waals surface area (Å²) in [5, 5.41) is 3.99. The molecule has 27 heavy (non-hydrogen) atoms. The largest absolute Gasteiger partial charge is 0.271 e. The van der Waals surface area contributed by atoms with Crippen molar-refractivity contribution < 1.29 is 13.2 Å². The van der Waals surface area contributed by atoms with Gasteiger partial charge in [-0.25, -0.2) is 13.8 Å². The van der Waals surface area contributed by atoms with Crippen LogP contribution >= 0.6 is 0 Å². The zero-order valence-corrected chi connectivity index (χ0v) is 16.9. The first-order valence-corrected chi connectivity index (χ1v) is 10.2. The second kappa shape index (κ2) is 8.92. The number of nitrogens with zero attached hydrogens (tertiary/aromatic N) is 2. The van der Waals surface area contributed by atoms with E-state index in [1.165, 1.54) is 16.4 Å². The Hall–Kier alpha value is -2.51. The van der Waals surface area contributed by atoms with Crippen molar-refractivity contribution in [3.8, 4) is 0 Å². The molecule has 0 aliphatic carbocycles. The number of carbonyl (C=O) groups excluding carboxylic acids is 1. The predicted molar refractivity (Wildman–Crippen MR) is 108 cm³/mol. The predicted octanol–water partition coefficient (Wildman–Crippen LogP) is 3.10. The van der Waals surface area contributed by atoms with E-state index >= 15 is 0 Å². The van der Waals surface area contributed by atoms with Crippen molar-refractivity contribution in [2.45, 2.75) is 32.6 Å². The summed E-state index contributed by atoms with van der Waals surface area (Å²) in [4.78, 5) is 12.4. The molecular weight excluding hydrogens is 362 g/mol. The Bertz CT molecular complexity index is 949. The fraction of sp³-hybridized carbons (Fsp3) is 0.300. The fourth-order valence-corrected chi connectivity index (χ4v) is 4.14. The van der Waals surface area contributed by atoms with Crippen LogP contribution in [-0.4, -0.2) is 37.9 Å². The molecule has 2 rings (SSSR count). The van der Waals surface area contributed by atoms with E-state index in [0.717, 1.165) is 16.7 Å². The highest BCUT2D eigenvalue weighted by molar-refractivity contribution is 7.89. The van der Waals surface area contributed by atoms with Crippen molar-refractivity contribution in [1.82, 2.24) is 9.73 Å². The average molecular weight is 388 g/mol. The van der Waals surface area contributed by atoms with Gasteiger partial charge in [-0.2, -0.15) is 9.41 Å². The zero-order chi connectivity index (χ0) is 20.0. The van der Waals surface area contributed by atoms with Crippen LogP contribution in [0.1, 0.15) is 40.9 Å². The SMILES string of the molecule is CCN(CC)S(=O)(=O)c1cccc(C(=O)NN=Cc2cc(C)ccc2C)c1. The molecule has 0 atom stereocenters. The molecule has 0 aliphatic heterocycles. The number of hydrogen-bond acceptors (Lipinski definition) is 4. The molecule has 0 saturated carbocycles. The maximum atomic E-state index is 12.6. The van der Waals surface area contributed by atoms with Gasteiger partial charge in [0.15, 0.2) is 0 Å². The van der Waals surface area contributed by atoms with Crippen molar-refractivity contribution in [2.75, 3.05) is 13.1 Å². The molecule has 0 fully saturated rings. The normalized spacial score (nSPS) is 11.9. The lowest BCUT2D eigenvalue weighted by atomic mass is 10.1. The van der Waals surface area contributed by atoms with E-state index < -0.39 is 15.9 Å². The van der Waals surface area contributed by atoms with Crippen molar-refractivity contribution in [3.05, 3.63) is 64.7 Å². The summed E-state index contributed by atoms with van der Waals surface area (Å²) in [5.41, 5.74) is 5.75. The van der Waals surface area contributed by atoms with Gasteiger partial charge in [0, 0.05) is 18.7 Å². The van der Waals surface area contributed by atoms with E-state index in [1.807, 2.05) is 32.0 Å². The summed E-state index contributed by atoms with van der Waals surface area (Å²) >= 11 is 0. The molecule has 144 valence electrons. The first-order valence-electron chi connectivity index (χ1n) is 8.80. The van der Waals surface area contributed by atoms with Gasteiger partial charge < -0.3 is 0 Å². The molecule has 0 spiro atoms. The Morgan fingerprint density at radius 2 is 1.81 bits per heavy atom.